The van der Waals surface area contributed by atoms with Crippen molar-refractivity contribution in [3.8, 4) is 17.2 Å². The van der Waals surface area contributed by atoms with Crippen LogP contribution in [0.3, 0.4) is 0 Å². The summed E-state index contributed by atoms with van der Waals surface area (Å²) < 4.78 is 26.3. The van der Waals surface area contributed by atoms with Crippen LogP contribution in [0.2, 0.25) is 0 Å². The molecule has 0 fully saturated rings. The lowest BCUT2D eigenvalue weighted by Gasteiger charge is -2.22. The van der Waals surface area contributed by atoms with Crippen molar-refractivity contribution in [3.63, 3.8) is 0 Å². The minimum Gasteiger partial charge on any atom is -0.497 e. The Labute approximate surface area is 272 Å². The summed E-state index contributed by atoms with van der Waals surface area (Å²) in [6.45, 7) is -0.139. The van der Waals surface area contributed by atoms with E-state index in [1.54, 1.807) is 47.3 Å². The molecule has 2 aromatic heterocycles. The largest absolute Gasteiger partial charge is 0.497 e. The fourth-order valence-corrected chi connectivity index (χ4v) is 6.41. The first-order valence-electron chi connectivity index (χ1n) is 14.3. The van der Waals surface area contributed by atoms with Crippen LogP contribution >= 0.6 is 23.1 Å². The number of amides is 2. The molecule has 2 amide bonds. The molecule has 0 saturated carbocycles. The fourth-order valence-electron chi connectivity index (χ4n) is 4.86. The molecule has 0 aliphatic carbocycles. The second kappa shape index (κ2) is 14.4. The van der Waals surface area contributed by atoms with Crippen molar-refractivity contribution in [1.29, 1.82) is 0 Å². The summed E-state index contributed by atoms with van der Waals surface area (Å²) in [5.41, 5.74) is 2.37. The van der Waals surface area contributed by atoms with E-state index < -0.39 is 5.82 Å². The molecule has 0 bridgehead atoms. The van der Waals surface area contributed by atoms with E-state index in [2.05, 4.69) is 15.5 Å². The van der Waals surface area contributed by atoms with Crippen LogP contribution < -0.4 is 14.8 Å². The lowest BCUT2D eigenvalue weighted by atomic mass is 10.0. The summed E-state index contributed by atoms with van der Waals surface area (Å²) >= 11 is 2.77. The molecule has 3 aromatic carbocycles. The first-order chi connectivity index (χ1) is 22.5. The Hall–Kier alpha value is -5.01. The molecule has 1 atom stereocenters. The van der Waals surface area contributed by atoms with Crippen LogP contribution in [0.1, 0.15) is 28.7 Å². The highest BCUT2D eigenvalue weighted by molar-refractivity contribution is 7.99. The summed E-state index contributed by atoms with van der Waals surface area (Å²) in [6, 6.07) is 26.2. The van der Waals surface area contributed by atoms with Gasteiger partial charge in [0, 0.05) is 12.1 Å². The third-order valence-corrected chi connectivity index (χ3v) is 8.97. The van der Waals surface area contributed by atoms with Gasteiger partial charge in [-0.15, -0.1) is 21.5 Å². The van der Waals surface area contributed by atoms with Crippen LogP contribution in [0.5, 0.6) is 11.5 Å². The van der Waals surface area contributed by atoms with E-state index in [-0.39, 0.29) is 36.8 Å². The smallest absolute Gasteiger partial charge is 0.258 e. The average molecular weight is 657 g/mol. The van der Waals surface area contributed by atoms with E-state index >= 15 is 0 Å². The van der Waals surface area contributed by atoms with Gasteiger partial charge in [0.05, 0.1) is 36.0 Å². The molecule has 3 heterocycles. The van der Waals surface area contributed by atoms with Gasteiger partial charge in [-0.3, -0.25) is 14.2 Å². The molecule has 5 aromatic rings. The zero-order valence-electron chi connectivity index (χ0n) is 24.7. The van der Waals surface area contributed by atoms with Gasteiger partial charge in [-0.2, -0.15) is 5.10 Å². The molecule has 1 aliphatic rings. The summed E-state index contributed by atoms with van der Waals surface area (Å²) in [6.07, 6.45) is 0.576. The molecule has 1 N–H and O–H groups in total. The summed E-state index contributed by atoms with van der Waals surface area (Å²) in [4.78, 5) is 27.3. The predicted octanol–water partition coefficient (Wildman–Crippen LogP) is 5.64. The van der Waals surface area contributed by atoms with E-state index in [0.717, 1.165) is 21.9 Å². The van der Waals surface area contributed by atoms with Gasteiger partial charge in [-0.05, 0) is 65.5 Å². The molecule has 0 spiro atoms. The number of hydrogen-bond acceptors (Lipinski definition) is 9. The molecule has 6 rings (SSSR count). The second-order valence-corrected chi connectivity index (χ2v) is 12.0. The second-order valence-electron chi connectivity index (χ2n) is 10.1. The van der Waals surface area contributed by atoms with Crippen molar-refractivity contribution in [3.05, 3.63) is 118 Å². The van der Waals surface area contributed by atoms with Crippen LogP contribution in [0.4, 0.5) is 4.39 Å². The first kappa shape index (κ1) is 31.0. The predicted molar refractivity (Wildman–Crippen MR) is 174 cm³/mol. The summed E-state index contributed by atoms with van der Waals surface area (Å²) in [5, 5.41) is 20.1. The Kier molecular flexibility index (Phi) is 9.70. The number of carbonyl (C=O) groups is 2. The Morgan fingerprint density at radius 1 is 0.978 bits per heavy atom. The third kappa shape index (κ3) is 7.27. The maximum atomic E-state index is 13.8. The average Bonchev–Trinajstić information content (AvgIpc) is 3.87. The number of methoxy groups -OCH3 is 1. The molecule has 0 unspecified atom stereocenters. The maximum absolute atomic E-state index is 13.8. The minimum absolute atomic E-state index is 0.0183. The lowest BCUT2D eigenvalue weighted by Crippen LogP contribution is -2.29. The van der Waals surface area contributed by atoms with Crippen molar-refractivity contribution in [1.82, 2.24) is 25.1 Å². The Bertz CT molecular complexity index is 1810. The van der Waals surface area contributed by atoms with Gasteiger partial charge >= 0.3 is 0 Å². The van der Waals surface area contributed by atoms with E-state index in [1.165, 1.54) is 28.9 Å². The number of hydrogen-bond donors (Lipinski definition) is 1. The minimum atomic E-state index is -0.396. The Balaban J connectivity index is 1.18. The monoisotopic (exact) mass is 656 g/mol. The van der Waals surface area contributed by atoms with Crippen molar-refractivity contribution >= 4 is 40.6 Å². The van der Waals surface area contributed by atoms with Crippen LogP contribution in [0, 0.1) is 5.82 Å². The van der Waals surface area contributed by atoms with E-state index in [1.807, 2.05) is 60.0 Å². The number of nitrogens with zero attached hydrogens (tertiary/aromatic N) is 5. The quantitative estimate of drug-likeness (QED) is 0.173. The number of ether oxygens (including phenoxy) is 2. The molecule has 10 nitrogen and oxygen atoms in total. The first-order valence-corrected chi connectivity index (χ1v) is 16.2. The number of halogens is 1. The maximum Gasteiger partial charge on any atom is 0.258 e. The van der Waals surface area contributed by atoms with Crippen LogP contribution in [0.15, 0.2) is 107 Å². The van der Waals surface area contributed by atoms with Crippen LogP contribution in [-0.2, 0) is 16.1 Å². The highest BCUT2D eigenvalue weighted by Crippen LogP contribution is 2.35. The Morgan fingerprint density at radius 3 is 2.48 bits per heavy atom. The van der Waals surface area contributed by atoms with Crippen molar-refractivity contribution in [2.24, 2.45) is 5.10 Å². The van der Waals surface area contributed by atoms with E-state index in [9.17, 15) is 14.0 Å². The van der Waals surface area contributed by atoms with Gasteiger partial charge in [0.1, 0.15) is 17.3 Å². The van der Waals surface area contributed by atoms with Gasteiger partial charge < -0.3 is 14.8 Å². The number of thioether (sulfide) groups is 1. The van der Waals surface area contributed by atoms with Crippen LogP contribution in [0.25, 0.3) is 5.69 Å². The Morgan fingerprint density at radius 2 is 1.76 bits per heavy atom. The molecule has 0 radical (unpaired) electrons. The van der Waals surface area contributed by atoms with Crippen molar-refractivity contribution < 1.29 is 23.5 Å². The number of aromatic nitrogens is 3. The molecule has 0 saturated heterocycles. The summed E-state index contributed by atoms with van der Waals surface area (Å²) in [7, 11) is 1.61. The standard InChI is InChI=1S/C33H29FN6O4S2/c1-43-25-15-9-22(10-16-25)28-18-27(29-8-5-17-45-29)38-40(28)32(42)21-46-33-37-36-30(39(33)24-13-11-23(34)12-14-24)19-35-31(41)20-44-26-6-3-2-4-7-26/h2-17,28H,18-21H2,1H3,(H,35,41)/t28-/m0/s1. The number of carbonyl (C=O) groups excluding carboxylic acids is 2. The number of nitrogens with one attached hydrogen (secondary N) is 1. The van der Waals surface area contributed by atoms with E-state index in [0.29, 0.717) is 28.8 Å². The highest BCUT2D eigenvalue weighted by atomic mass is 32.2. The van der Waals surface area contributed by atoms with E-state index in [4.69, 9.17) is 14.6 Å². The van der Waals surface area contributed by atoms with Gasteiger partial charge in [0.2, 0.25) is 0 Å². The zero-order chi connectivity index (χ0) is 31.9. The molecule has 46 heavy (non-hydrogen) atoms. The van der Waals surface area contributed by atoms with Crippen molar-refractivity contribution in [2.75, 3.05) is 19.5 Å². The third-order valence-electron chi connectivity index (χ3n) is 7.14. The van der Waals surface area contributed by atoms with Crippen LogP contribution in [-0.4, -0.2) is 56.8 Å². The fraction of sp³-hybridized carbons (Fsp3) is 0.182. The highest BCUT2D eigenvalue weighted by Gasteiger charge is 2.33. The lowest BCUT2D eigenvalue weighted by molar-refractivity contribution is -0.130. The zero-order valence-corrected chi connectivity index (χ0v) is 26.3. The molecular weight excluding hydrogens is 628 g/mol. The number of thiophene rings is 1. The SMILES string of the molecule is COc1ccc([C@@H]2CC(c3cccs3)=NN2C(=O)CSc2nnc(CNC(=O)COc3ccccc3)n2-c2ccc(F)cc2)cc1. The molecular formula is C33H29FN6O4S2. The van der Waals surface area contributed by atoms with Gasteiger partial charge in [-0.1, -0.05) is 48.2 Å². The number of hydrazone groups is 1. The molecule has 234 valence electrons. The molecule has 1 aliphatic heterocycles. The summed E-state index contributed by atoms with van der Waals surface area (Å²) in [5.74, 6) is 0.778. The molecule has 13 heteroatoms. The topological polar surface area (TPSA) is 111 Å². The number of para-hydroxylation sites is 1. The number of benzene rings is 3. The normalized spacial score (nSPS) is 14.2. The number of rotatable bonds is 12. The van der Waals surface area contributed by atoms with Gasteiger partial charge in [0.25, 0.3) is 11.8 Å². The van der Waals surface area contributed by atoms with Gasteiger partial charge in [0.15, 0.2) is 17.6 Å². The van der Waals surface area contributed by atoms with Gasteiger partial charge in [-0.25, -0.2) is 9.40 Å². The van der Waals surface area contributed by atoms with Crippen molar-refractivity contribution in [2.45, 2.75) is 24.2 Å².